The van der Waals surface area contributed by atoms with Gasteiger partial charge in [0.15, 0.2) is 0 Å². The lowest BCUT2D eigenvalue weighted by atomic mass is 10.1. The van der Waals surface area contributed by atoms with Gasteiger partial charge < -0.3 is 14.8 Å². The van der Waals surface area contributed by atoms with Crippen LogP contribution in [0.25, 0.3) is 0 Å². The first kappa shape index (κ1) is 11.2. The van der Waals surface area contributed by atoms with Crippen molar-refractivity contribution in [1.82, 2.24) is 14.8 Å². The molecule has 4 heteroatoms. The minimum atomic E-state index is 0.116. The Kier molecular flexibility index (Phi) is 3.01. The quantitative estimate of drug-likeness (QED) is 0.830. The Labute approximate surface area is 96.2 Å². The Balaban J connectivity index is 2.16. The molecule has 0 aliphatic carbocycles. The molecule has 1 aromatic heterocycles. The fraction of sp³-hybridized carbons (Fsp3) is 0.583. The molecule has 1 aromatic rings. The average molecular weight is 221 g/mol. The van der Waals surface area contributed by atoms with Gasteiger partial charge in [-0.15, -0.1) is 0 Å². The SMILES string of the molecule is CC(C)n1cccc1C(=O)N(C)C1CNC1. The highest BCUT2D eigenvalue weighted by molar-refractivity contribution is 5.93. The van der Waals surface area contributed by atoms with Gasteiger partial charge in [-0.3, -0.25) is 4.79 Å². The van der Waals surface area contributed by atoms with Gasteiger partial charge in [-0.1, -0.05) is 0 Å². The van der Waals surface area contributed by atoms with E-state index in [1.54, 1.807) is 0 Å². The number of carbonyl (C=O) groups is 1. The van der Waals surface area contributed by atoms with Crippen molar-refractivity contribution in [2.45, 2.75) is 25.9 Å². The van der Waals surface area contributed by atoms with Crippen molar-refractivity contribution in [2.75, 3.05) is 20.1 Å². The van der Waals surface area contributed by atoms with Crippen molar-refractivity contribution < 1.29 is 4.79 Å². The second-order valence-electron chi connectivity index (χ2n) is 4.62. The summed E-state index contributed by atoms with van der Waals surface area (Å²) in [6.45, 7) is 5.98. The smallest absolute Gasteiger partial charge is 0.270 e. The Morgan fingerprint density at radius 1 is 1.56 bits per heavy atom. The minimum Gasteiger partial charge on any atom is -0.341 e. The molecule has 0 spiro atoms. The molecule has 2 rings (SSSR count). The standard InChI is InChI=1S/C12H19N3O/c1-9(2)15-6-4-5-11(15)12(16)14(3)10-7-13-8-10/h4-6,9-10,13H,7-8H2,1-3H3. The molecule has 1 fully saturated rings. The van der Waals surface area contributed by atoms with Crippen LogP contribution in [0.3, 0.4) is 0 Å². The number of likely N-dealkylation sites (N-methyl/N-ethyl adjacent to an activating group) is 1. The molecule has 0 unspecified atom stereocenters. The van der Waals surface area contributed by atoms with Crippen molar-refractivity contribution in [3.05, 3.63) is 24.0 Å². The number of nitrogens with one attached hydrogen (secondary N) is 1. The van der Waals surface area contributed by atoms with Crippen molar-refractivity contribution in [3.8, 4) is 0 Å². The van der Waals surface area contributed by atoms with Gasteiger partial charge in [0.1, 0.15) is 5.69 Å². The van der Waals surface area contributed by atoms with Gasteiger partial charge in [-0.2, -0.15) is 0 Å². The third-order valence-electron chi connectivity index (χ3n) is 3.18. The molecule has 4 nitrogen and oxygen atoms in total. The first-order valence-corrected chi connectivity index (χ1v) is 5.76. The first-order chi connectivity index (χ1) is 7.61. The maximum atomic E-state index is 12.2. The van der Waals surface area contributed by atoms with Crippen LogP contribution in [-0.4, -0.2) is 41.6 Å². The molecule has 0 saturated carbocycles. The molecule has 1 saturated heterocycles. The van der Waals surface area contributed by atoms with E-state index < -0.39 is 0 Å². The molecule has 2 heterocycles. The zero-order chi connectivity index (χ0) is 11.7. The zero-order valence-corrected chi connectivity index (χ0v) is 10.1. The van der Waals surface area contributed by atoms with E-state index in [-0.39, 0.29) is 5.91 Å². The summed E-state index contributed by atoms with van der Waals surface area (Å²) in [4.78, 5) is 14.1. The number of amides is 1. The maximum Gasteiger partial charge on any atom is 0.270 e. The predicted molar refractivity (Wildman–Crippen MR) is 63.6 cm³/mol. The summed E-state index contributed by atoms with van der Waals surface area (Å²) in [5.41, 5.74) is 0.782. The van der Waals surface area contributed by atoms with Crippen molar-refractivity contribution in [1.29, 1.82) is 0 Å². The number of rotatable bonds is 3. The first-order valence-electron chi connectivity index (χ1n) is 5.76. The van der Waals surface area contributed by atoms with E-state index in [9.17, 15) is 4.79 Å². The number of hydrogen-bond donors (Lipinski definition) is 1. The number of hydrogen-bond acceptors (Lipinski definition) is 2. The molecule has 1 N–H and O–H groups in total. The zero-order valence-electron chi connectivity index (χ0n) is 10.1. The average Bonchev–Trinajstić information content (AvgIpc) is 2.61. The highest BCUT2D eigenvalue weighted by Crippen LogP contribution is 2.14. The van der Waals surface area contributed by atoms with E-state index in [0.29, 0.717) is 12.1 Å². The lowest BCUT2D eigenvalue weighted by molar-refractivity contribution is 0.0668. The van der Waals surface area contributed by atoms with Crippen LogP contribution in [0.1, 0.15) is 30.4 Å². The van der Waals surface area contributed by atoms with E-state index in [4.69, 9.17) is 0 Å². The second-order valence-corrected chi connectivity index (χ2v) is 4.62. The summed E-state index contributed by atoms with van der Waals surface area (Å²) < 4.78 is 2.02. The van der Waals surface area contributed by atoms with Crippen LogP contribution in [-0.2, 0) is 0 Å². The topological polar surface area (TPSA) is 37.3 Å². The van der Waals surface area contributed by atoms with Crippen LogP contribution in [0, 0.1) is 0 Å². The summed E-state index contributed by atoms with van der Waals surface area (Å²) in [6, 6.07) is 4.50. The molecule has 0 aromatic carbocycles. The van der Waals surface area contributed by atoms with Gasteiger partial charge in [-0.25, -0.2) is 0 Å². The molecule has 1 amide bonds. The fourth-order valence-corrected chi connectivity index (χ4v) is 1.92. The Morgan fingerprint density at radius 3 is 2.75 bits per heavy atom. The molecule has 1 aliphatic rings. The van der Waals surface area contributed by atoms with E-state index >= 15 is 0 Å². The van der Waals surface area contributed by atoms with Gasteiger partial charge >= 0.3 is 0 Å². The minimum absolute atomic E-state index is 0.116. The van der Waals surface area contributed by atoms with Crippen molar-refractivity contribution in [2.24, 2.45) is 0 Å². The van der Waals surface area contributed by atoms with Gasteiger partial charge in [0.25, 0.3) is 5.91 Å². The van der Waals surface area contributed by atoms with Crippen molar-refractivity contribution >= 4 is 5.91 Å². The van der Waals surface area contributed by atoms with Crippen LogP contribution in [0.4, 0.5) is 0 Å². The summed E-state index contributed by atoms with van der Waals surface area (Å²) >= 11 is 0. The van der Waals surface area contributed by atoms with Crippen LogP contribution in [0.2, 0.25) is 0 Å². The number of aromatic nitrogens is 1. The molecule has 16 heavy (non-hydrogen) atoms. The van der Waals surface area contributed by atoms with Gasteiger partial charge in [0.2, 0.25) is 0 Å². The van der Waals surface area contributed by atoms with Crippen LogP contribution >= 0.6 is 0 Å². The molecule has 0 bridgehead atoms. The van der Waals surface area contributed by atoms with Crippen LogP contribution in [0.15, 0.2) is 18.3 Å². The summed E-state index contributed by atoms with van der Waals surface area (Å²) in [6.07, 6.45) is 1.96. The monoisotopic (exact) mass is 221 g/mol. The maximum absolute atomic E-state index is 12.2. The summed E-state index contributed by atoms with van der Waals surface area (Å²) in [5, 5.41) is 3.18. The highest BCUT2D eigenvalue weighted by atomic mass is 16.2. The van der Waals surface area contributed by atoms with Gasteiger partial charge in [0.05, 0.1) is 6.04 Å². The Hall–Kier alpha value is -1.29. The lowest BCUT2D eigenvalue weighted by Crippen LogP contribution is -2.57. The van der Waals surface area contributed by atoms with E-state index in [1.807, 2.05) is 34.8 Å². The van der Waals surface area contributed by atoms with E-state index in [1.165, 1.54) is 0 Å². The highest BCUT2D eigenvalue weighted by Gasteiger charge is 2.27. The number of carbonyl (C=O) groups excluding carboxylic acids is 1. The Bertz CT molecular complexity index is 379. The van der Waals surface area contributed by atoms with Gasteiger partial charge in [-0.05, 0) is 26.0 Å². The second kappa shape index (κ2) is 4.29. The summed E-state index contributed by atoms with van der Waals surface area (Å²) in [7, 11) is 1.88. The molecular weight excluding hydrogens is 202 g/mol. The molecule has 0 radical (unpaired) electrons. The molecule has 1 aliphatic heterocycles. The van der Waals surface area contributed by atoms with E-state index in [0.717, 1.165) is 18.8 Å². The van der Waals surface area contributed by atoms with E-state index in [2.05, 4.69) is 19.2 Å². The third kappa shape index (κ3) is 1.85. The van der Waals surface area contributed by atoms with Crippen molar-refractivity contribution in [3.63, 3.8) is 0 Å². The van der Waals surface area contributed by atoms with Crippen LogP contribution < -0.4 is 5.32 Å². The summed E-state index contributed by atoms with van der Waals surface area (Å²) in [5.74, 6) is 0.116. The third-order valence-corrected chi connectivity index (χ3v) is 3.18. The Morgan fingerprint density at radius 2 is 2.25 bits per heavy atom. The molecular formula is C12H19N3O. The van der Waals surface area contributed by atoms with Gasteiger partial charge in [0, 0.05) is 32.4 Å². The predicted octanol–water partition coefficient (Wildman–Crippen LogP) is 1.11. The molecule has 88 valence electrons. The number of nitrogens with zero attached hydrogens (tertiary/aromatic N) is 2. The normalized spacial score (nSPS) is 16.2. The fourth-order valence-electron chi connectivity index (χ4n) is 1.92. The largest absolute Gasteiger partial charge is 0.341 e. The van der Waals surface area contributed by atoms with Crippen LogP contribution in [0.5, 0.6) is 0 Å². The lowest BCUT2D eigenvalue weighted by Gasteiger charge is -2.35. The molecule has 0 atom stereocenters.